The molecule has 0 saturated heterocycles. The summed E-state index contributed by atoms with van der Waals surface area (Å²) in [5.74, 6) is 1.91. The minimum Gasteiger partial charge on any atom is -0.223 e. The molecule has 1 rings (SSSR count). The molecular weight excluding hydrogens is 196 g/mol. The minimum absolute atomic E-state index is 0.241. The Bertz CT molecular complexity index is 478. The van der Waals surface area contributed by atoms with Crippen LogP contribution in [0.15, 0.2) is 23.1 Å². The topological polar surface area (TPSA) is 34.1 Å². The zero-order valence-corrected chi connectivity index (χ0v) is 9.06. The van der Waals surface area contributed by atoms with Gasteiger partial charge in [0.2, 0.25) is 0 Å². The van der Waals surface area contributed by atoms with Crippen LogP contribution in [0.25, 0.3) is 0 Å². The Morgan fingerprint density at radius 1 is 1.29 bits per heavy atom. The zero-order valence-electron chi connectivity index (χ0n) is 8.24. The molecular formula is C11H12O2S. The first-order valence-electron chi connectivity index (χ1n) is 4.21. The average Bonchev–Trinajstić information content (AvgIpc) is 2.09. The van der Waals surface area contributed by atoms with Crippen molar-refractivity contribution < 1.29 is 8.42 Å². The number of hydrogen-bond donors (Lipinski definition) is 0. The van der Waals surface area contributed by atoms with Gasteiger partial charge in [0.15, 0.2) is 9.84 Å². The van der Waals surface area contributed by atoms with Crippen LogP contribution in [0.4, 0.5) is 0 Å². The fourth-order valence-corrected chi connectivity index (χ4v) is 2.12. The monoisotopic (exact) mass is 208 g/mol. The van der Waals surface area contributed by atoms with E-state index in [1.54, 1.807) is 18.2 Å². The summed E-state index contributed by atoms with van der Waals surface area (Å²) in [5.41, 5.74) is 2.03. The van der Waals surface area contributed by atoms with Crippen molar-refractivity contribution in [2.45, 2.75) is 18.7 Å². The molecule has 0 N–H and O–H groups in total. The lowest BCUT2D eigenvalue weighted by atomic mass is 10.1. The van der Waals surface area contributed by atoms with Gasteiger partial charge in [-0.05, 0) is 37.1 Å². The Morgan fingerprint density at radius 2 is 1.93 bits per heavy atom. The Labute approximate surface area is 84.9 Å². The predicted octanol–water partition coefficient (Wildman–Crippen LogP) is 1.71. The molecule has 2 nitrogen and oxygen atoms in total. The molecule has 0 saturated carbocycles. The molecule has 0 heterocycles. The maximum Gasteiger partial charge on any atom is 0.189 e. The molecule has 0 aliphatic carbocycles. The average molecular weight is 208 g/mol. The number of terminal acetylenes is 1. The first-order chi connectivity index (χ1) is 6.47. The van der Waals surface area contributed by atoms with Gasteiger partial charge in [-0.25, -0.2) is 8.42 Å². The van der Waals surface area contributed by atoms with E-state index >= 15 is 0 Å². The summed E-state index contributed by atoms with van der Waals surface area (Å²) in [7, 11) is -3.29. The first-order valence-corrected chi connectivity index (χ1v) is 5.86. The van der Waals surface area contributed by atoms with Gasteiger partial charge in [0.1, 0.15) is 5.75 Å². The predicted molar refractivity (Wildman–Crippen MR) is 56.8 cm³/mol. The van der Waals surface area contributed by atoms with Gasteiger partial charge in [-0.1, -0.05) is 12.0 Å². The van der Waals surface area contributed by atoms with Gasteiger partial charge in [-0.3, -0.25) is 0 Å². The van der Waals surface area contributed by atoms with E-state index in [1.807, 2.05) is 13.8 Å². The number of rotatable bonds is 2. The molecule has 0 aliphatic heterocycles. The number of hydrogen-bond acceptors (Lipinski definition) is 2. The Hall–Kier alpha value is -1.27. The maximum atomic E-state index is 11.6. The smallest absolute Gasteiger partial charge is 0.189 e. The van der Waals surface area contributed by atoms with Crippen LogP contribution in [0.5, 0.6) is 0 Å². The van der Waals surface area contributed by atoms with Crippen LogP contribution < -0.4 is 0 Å². The summed E-state index contributed by atoms with van der Waals surface area (Å²) in [6, 6.07) is 5.04. The standard InChI is InChI=1S/C11H12O2S/c1-4-7-14(12,13)11-6-5-9(2)10(3)8-11/h1,5-6,8H,7H2,2-3H3. The fourth-order valence-electron chi connectivity index (χ4n) is 1.10. The van der Waals surface area contributed by atoms with E-state index in [0.717, 1.165) is 11.1 Å². The molecule has 14 heavy (non-hydrogen) atoms. The number of aryl methyl sites for hydroxylation is 2. The van der Waals surface area contributed by atoms with Crippen LogP contribution in [0.2, 0.25) is 0 Å². The van der Waals surface area contributed by atoms with E-state index in [1.165, 1.54) is 0 Å². The Morgan fingerprint density at radius 3 is 2.43 bits per heavy atom. The highest BCUT2D eigenvalue weighted by Crippen LogP contribution is 2.15. The highest BCUT2D eigenvalue weighted by atomic mass is 32.2. The first kappa shape index (κ1) is 10.8. The van der Waals surface area contributed by atoms with Gasteiger partial charge in [0.25, 0.3) is 0 Å². The van der Waals surface area contributed by atoms with Gasteiger partial charge in [-0.2, -0.15) is 0 Å². The fraction of sp³-hybridized carbons (Fsp3) is 0.273. The highest BCUT2D eigenvalue weighted by Gasteiger charge is 2.12. The van der Waals surface area contributed by atoms with Crippen molar-refractivity contribution in [3.63, 3.8) is 0 Å². The van der Waals surface area contributed by atoms with Crippen LogP contribution >= 0.6 is 0 Å². The molecule has 0 unspecified atom stereocenters. The van der Waals surface area contributed by atoms with E-state index in [2.05, 4.69) is 5.92 Å². The van der Waals surface area contributed by atoms with Crippen molar-refractivity contribution in [1.82, 2.24) is 0 Å². The van der Waals surface area contributed by atoms with Crippen LogP contribution in [0, 0.1) is 26.2 Å². The summed E-state index contributed by atoms with van der Waals surface area (Å²) in [4.78, 5) is 0.304. The van der Waals surface area contributed by atoms with E-state index in [4.69, 9.17) is 6.42 Å². The summed E-state index contributed by atoms with van der Waals surface area (Å²) in [5, 5.41) is 0. The second-order valence-corrected chi connectivity index (χ2v) is 5.20. The highest BCUT2D eigenvalue weighted by molar-refractivity contribution is 7.91. The molecule has 0 radical (unpaired) electrons. The lowest BCUT2D eigenvalue weighted by Crippen LogP contribution is -2.05. The number of sulfone groups is 1. The second kappa shape index (κ2) is 3.85. The lowest BCUT2D eigenvalue weighted by Gasteiger charge is -2.04. The van der Waals surface area contributed by atoms with Gasteiger partial charge in [0, 0.05) is 0 Å². The largest absolute Gasteiger partial charge is 0.223 e. The van der Waals surface area contributed by atoms with Gasteiger partial charge >= 0.3 is 0 Å². The molecule has 74 valence electrons. The van der Waals surface area contributed by atoms with E-state index < -0.39 is 9.84 Å². The molecule has 0 bridgehead atoms. The summed E-state index contributed by atoms with van der Waals surface area (Å²) in [6.07, 6.45) is 4.99. The van der Waals surface area contributed by atoms with Gasteiger partial charge < -0.3 is 0 Å². The third kappa shape index (κ3) is 2.15. The maximum absolute atomic E-state index is 11.6. The van der Waals surface area contributed by atoms with Crippen LogP contribution in [0.1, 0.15) is 11.1 Å². The SMILES string of the molecule is C#CCS(=O)(=O)c1ccc(C)c(C)c1. The van der Waals surface area contributed by atoms with Crippen molar-refractivity contribution in [3.05, 3.63) is 29.3 Å². The summed E-state index contributed by atoms with van der Waals surface area (Å²) < 4.78 is 23.1. The molecule has 3 heteroatoms. The normalized spacial score (nSPS) is 10.9. The molecule has 0 fully saturated rings. The summed E-state index contributed by atoms with van der Waals surface area (Å²) >= 11 is 0. The minimum atomic E-state index is -3.29. The molecule has 0 aliphatic rings. The second-order valence-electron chi connectivity index (χ2n) is 3.21. The van der Waals surface area contributed by atoms with Gasteiger partial charge in [0.05, 0.1) is 4.90 Å². The van der Waals surface area contributed by atoms with Crippen molar-refractivity contribution in [3.8, 4) is 12.3 Å². The molecule has 0 aromatic heterocycles. The molecule has 0 atom stereocenters. The molecule has 1 aromatic carbocycles. The van der Waals surface area contributed by atoms with E-state index in [0.29, 0.717) is 4.90 Å². The molecule has 0 spiro atoms. The molecule has 0 amide bonds. The summed E-state index contributed by atoms with van der Waals surface area (Å²) in [6.45, 7) is 3.82. The van der Waals surface area contributed by atoms with Crippen LogP contribution in [-0.2, 0) is 9.84 Å². The number of benzene rings is 1. The third-order valence-corrected chi connectivity index (χ3v) is 3.63. The van der Waals surface area contributed by atoms with Crippen molar-refractivity contribution in [2.75, 3.05) is 5.75 Å². The van der Waals surface area contributed by atoms with E-state index in [9.17, 15) is 8.42 Å². The van der Waals surface area contributed by atoms with Crippen LogP contribution in [-0.4, -0.2) is 14.2 Å². The van der Waals surface area contributed by atoms with E-state index in [-0.39, 0.29) is 5.75 Å². The van der Waals surface area contributed by atoms with Crippen molar-refractivity contribution in [2.24, 2.45) is 0 Å². The van der Waals surface area contributed by atoms with Crippen molar-refractivity contribution in [1.29, 1.82) is 0 Å². The van der Waals surface area contributed by atoms with Crippen molar-refractivity contribution >= 4 is 9.84 Å². The quantitative estimate of drug-likeness (QED) is 0.693. The zero-order chi connectivity index (χ0) is 10.8. The third-order valence-electron chi connectivity index (χ3n) is 2.11. The lowest BCUT2D eigenvalue weighted by molar-refractivity contribution is 0.599. The van der Waals surface area contributed by atoms with Gasteiger partial charge in [-0.15, -0.1) is 6.42 Å². The van der Waals surface area contributed by atoms with Crippen LogP contribution in [0.3, 0.4) is 0 Å². The Kier molecular flexibility index (Phi) is 2.97. The molecule has 1 aromatic rings. The Balaban J connectivity index is 3.23.